The van der Waals surface area contributed by atoms with Crippen molar-refractivity contribution in [1.82, 2.24) is 15.1 Å². The van der Waals surface area contributed by atoms with Gasteiger partial charge in [-0.2, -0.15) is 5.10 Å². The van der Waals surface area contributed by atoms with Crippen molar-refractivity contribution in [1.29, 1.82) is 0 Å². The number of nitrogens with zero attached hydrogens (tertiary/aromatic N) is 2. The second-order valence-electron chi connectivity index (χ2n) is 4.84. The van der Waals surface area contributed by atoms with E-state index in [1.165, 1.54) is 0 Å². The fourth-order valence-electron chi connectivity index (χ4n) is 1.77. The first-order valence-electron chi connectivity index (χ1n) is 6.54. The quantitative estimate of drug-likeness (QED) is 0.879. The topological polar surface area (TPSA) is 56.2 Å². The smallest absolute Gasteiger partial charge is 0.271 e. The van der Waals surface area contributed by atoms with Crippen LogP contribution in [0.2, 0.25) is 5.02 Å². The van der Waals surface area contributed by atoms with Gasteiger partial charge >= 0.3 is 0 Å². The lowest BCUT2D eigenvalue weighted by atomic mass is 10.3. The van der Waals surface area contributed by atoms with Crippen LogP contribution in [0.3, 0.4) is 0 Å². The van der Waals surface area contributed by atoms with Crippen LogP contribution in [0.25, 0.3) is 0 Å². The summed E-state index contributed by atoms with van der Waals surface area (Å²) in [6.07, 6.45) is 3.81. The molecule has 1 aromatic heterocycles. The number of halogens is 2. The molecule has 0 saturated heterocycles. The lowest BCUT2D eigenvalue weighted by Crippen LogP contribution is -2.26. The number of hydrogen-bond acceptors (Lipinski definition) is 3. The van der Waals surface area contributed by atoms with Gasteiger partial charge in [0.2, 0.25) is 0 Å². The normalized spacial score (nSPS) is 14.0. The number of benzene rings is 1. The molecule has 0 radical (unpaired) electrons. The van der Waals surface area contributed by atoms with E-state index in [0.29, 0.717) is 22.5 Å². The number of carbonyl (C=O) groups is 1. The first kappa shape index (κ1) is 14.4. The Morgan fingerprint density at radius 1 is 1.48 bits per heavy atom. The van der Waals surface area contributed by atoms with E-state index in [4.69, 9.17) is 16.3 Å². The molecule has 110 valence electrons. The Morgan fingerprint density at radius 2 is 2.29 bits per heavy atom. The van der Waals surface area contributed by atoms with Crippen molar-refractivity contribution in [2.24, 2.45) is 0 Å². The van der Waals surface area contributed by atoms with E-state index in [1.807, 2.05) is 6.07 Å². The van der Waals surface area contributed by atoms with E-state index in [-0.39, 0.29) is 12.6 Å². The number of carbonyl (C=O) groups excluding carboxylic acids is 1. The highest BCUT2D eigenvalue weighted by atomic mass is 79.9. The van der Waals surface area contributed by atoms with Crippen LogP contribution in [-0.4, -0.2) is 21.7 Å². The molecule has 21 heavy (non-hydrogen) atoms. The molecule has 1 aliphatic rings. The van der Waals surface area contributed by atoms with Crippen LogP contribution in [0.4, 0.5) is 0 Å². The van der Waals surface area contributed by atoms with Crippen molar-refractivity contribution in [2.45, 2.75) is 25.6 Å². The van der Waals surface area contributed by atoms with Crippen LogP contribution in [0.1, 0.15) is 23.3 Å². The average Bonchev–Trinajstić information content (AvgIpc) is 3.13. The predicted molar refractivity (Wildman–Crippen MR) is 82.5 cm³/mol. The maximum absolute atomic E-state index is 11.8. The molecule has 1 heterocycles. The van der Waals surface area contributed by atoms with E-state index in [2.05, 4.69) is 26.3 Å². The molecule has 1 amide bonds. The summed E-state index contributed by atoms with van der Waals surface area (Å²) >= 11 is 9.40. The molecule has 0 atom stereocenters. The Balaban J connectivity index is 1.60. The predicted octanol–water partition coefficient (Wildman–Crippen LogP) is 3.23. The highest BCUT2D eigenvalue weighted by Crippen LogP contribution is 2.27. The Hall–Kier alpha value is -1.53. The van der Waals surface area contributed by atoms with Crippen LogP contribution in [-0.2, 0) is 6.73 Å². The highest BCUT2D eigenvalue weighted by Gasteiger charge is 2.24. The van der Waals surface area contributed by atoms with Crippen LogP contribution in [0.15, 0.2) is 34.9 Å². The summed E-state index contributed by atoms with van der Waals surface area (Å²) in [4.78, 5) is 11.8. The van der Waals surface area contributed by atoms with Crippen LogP contribution >= 0.6 is 27.5 Å². The molecule has 1 aromatic carbocycles. The van der Waals surface area contributed by atoms with Crippen molar-refractivity contribution in [3.05, 3.63) is 45.7 Å². The minimum Gasteiger partial charge on any atom is -0.470 e. The van der Waals surface area contributed by atoms with Gasteiger partial charge in [-0.1, -0.05) is 27.5 Å². The zero-order chi connectivity index (χ0) is 14.8. The summed E-state index contributed by atoms with van der Waals surface area (Å²) in [5.74, 6) is 0.428. The largest absolute Gasteiger partial charge is 0.470 e. The Kier molecular flexibility index (Phi) is 4.17. The summed E-state index contributed by atoms with van der Waals surface area (Å²) in [6, 6.07) is 7.37. The second-order valence-corrected chi connectivity index (χ2v) is 6.16. The van der Waals surface area contributed by atoms with Crippen molar-refractivity contribution in [3.8, 4) is 5.75 Å². The molecule has 0 aliphatic heterocycles. The third-order valence-electron chi connectivity index (χ3n) is 3.03. The molecule has 1 fully saturated rings. The summed E-state index contributed by atoms with van der Waals surface area (Å²) < 4.78 is 8.02. The Morgan fingerprint density at radius 3 is 3.00 bits per heavy atom. The van der Waals surface area contributed by atoms with E-state index in [9.17, 15) is 4.79 Å². The fraction of sp³-hybridized carbons (Fsp3) is 0.286. The molecule has 1 saturated carbocycles. The molecule has 3 rings (SSSR count). The molecular formula is C14H13BrClN3O2. The number of nitrogens with one attached hydrogen (secondary N) is 1. The van der Waals surface area contributed by atoms with Gasteiger partial charge in [0, 0.05) is 16.7 Å². The molecule has 5 nitrogen and oxygen atoms in total. The zero-order valence-corrected chi connectivity index (χ0v) is 13.4. The summed E-state index contributed by atoms with van der Waals surface area (Å²) in [5, 5.41) is 7.59. The molecule has 1 aliphatic carbocycles. The van der Waals surface area contributed by atoms with Gasteiger partial charge in [0.1, 0.15) is 11.4 Å². The number of amides is 1. The Labute approximate surface area is 135 Å². The molecular weight excluding hydrogens is 358 g/mol. The molecule has 2 aromatic rings. The standard InChI is InChI=1S/C14H13BrClN3O2/c15-9-1-4-13(11(16)7-9)21-8-19-6-5-12(18-19)14(20)17-10-2-3-10/h1,4-7,10H,2-3,8H2,(H,17,20). The van der Waals surface area contributed by atoms with Crippen LogP contribution < -0.4 is 10.1 Å². The van der Waals surface area contributed by atoms with E-state index >= 15 is 0 Å². The van der Waals surface area contributed by atoms with Gasteiger partial charge in [-0.15, -0.1) is 0 Å². The summed E-state index contributed by atoms with van der Waals surface area (Å²) in [6.45, 7) is 0.193. The SMILES string of the molecule is O=C(NC1CC1)c1ccn(COc2ccc(Br)cc2Cl)n1. The Bertz CT molecular complexity index is 670. The number of rotatable bonds is 5. The molecule has 7 heteroatoms. The fourth-order valence-corrected chi connectivity index (χ4v) is 2.50. The first-order chi connectivity index (χ1) is 10.1. The van der Waals surface area contributed by atoms with Crippen molar-refractivity contribution < 1.29 is 9.53 Å². The monoisotopic (exact) mass is 369 g/mol. The minimum absolute atomic E-state index is 0.141. The number of aromatic nitrogens is 2. The van der Waals surface area contributed by atoms with Gasteiger partial charge in [0.15, 0.2) is 6.73 Å². The van der Waals surface area contributed by atoms with E-state index < -0.39 is 0 Å². The number of ether oxygens (including phenoxy) is 1. The average molecular weight is 371 g/mol. The minimum atomic E-state index is -0.141. The maximum Gasteiger partial charge on any atom is 0.271 e. The van der Waals surface area contributed by atoms with Gasteiger partial charge in [-0.3, -0.25) is 4.79 Å². The molecule has 1 N–H and O–H groups in total. The van der Waals surface area contributed by atoms with Crippen molar-refractivity contribution in [3.63, 3.8) is 0 Å². The number of hydrogen-bond donors (Lipinski definition) is 1. The van der Waals surface area contributed by atoms with E-state index in [0.717, 1.165) is 17.3 Å². The molecule has 0 unspecified atom stereocenters. The lowest BCUT2D eigenvalue weighted by Gasteiger charge is -2.08. The highest BCUT2D eigenvalue weighted by molar-refractivity contribution is 9.10. The van der Waals surface area contributed by atoms with E-state index in [1.54, 1.807) is 29.1 Å². The summed E-state index contributed by atoms with van der Waals surface area (Å²) in [7, 11) is 0. The van der Waals surface area contributed by atoms with Gasteiger partial charge in [0.25, 0.3) is 5.91 Å². The molecule has 0 bridgehead atoms. The van der Waals surface area contributed by atoms with Crippen molar-refractivity contribution >= 4 is 33.4 Å². The van der Waals surface area contributed by atoms with Gasteiger partial charge < -0.3 is 10.1 Å². The third-order valence-corrected chi connectivity index (χ3v) is 3.82. The molecule has 0 spiro atoms. The first-order valence-corrected chi connectivity index (χ1v) is 7.71. The maximum atomic E-state index is 11.8. The van der Waals surface area contributed by atoms with Gasteiger partial charge in [-0.25, -0.2) is 4.68 Å². The second kappa shape index (κ2) is 6.07. The third kappa shape index (κ3) is 3.77. The van der Waals surface area contributed by atoms with Crippen LogP contribution in [0, 0.1) is 0 Å². The zero-order valence-electron chi connectivity index (χ0n) is 11.1. The van der Waals surface area contributed by atoms with Crippen molar-refractivity contribution in [2.75, 3.05) is 0 Å². The van der Waals surface area contributed by atoms with Gasteiger partial charge in [0.05, 0.1) is 5.02 Å². The van der Waals surface area contributed by atoms with Gasteiger partial charge in [-0.05, 0) is 37.1 Å². The van der Waals surface area contributed by atoms with Crippen LogP contribution in [0.5, 0.6) is 5.75 Å². The lowest BCUT2D eigenvalue weighted by molar-refractivity contribution is 0.0944. The summed E-state index contributed by atoms with van der Waals surface area (Å²) in [5.41, 5.74) is 0.396.